The van der Waals surface area contributed by atoms with Crippen molar-refractivity contribution in [2.75, 3.05) is 0 Å². The van der Waals surface area contributed by atoms with Crippen LogP contribution in [0.25, 0.3) is 11.1 Å². The third-order valence-electron chi connectivity index (χ3n) is 2.30. The van der Waals surface area contributed by atoms with E-state index in [0.29, 0.717) is 5.56 Å². The van der Waals surface area contributed by atoms with Gasteiger partial charge in [0.15, 0.2) is 0 Å². The van der Waals surface area contributed by atoms with E-state index in [4.69, 9.17) is 11.6 Å². The lowest BCUT2D eigenvalue weighted by Crippen LogP contribution is -1.92. The van der Waals surface area contributed by atoms with E-state index >= 15 is 0 Å². The molecule has 17 heavy (non-hydrogen) atoms. The van der Waals surface area contributed by atoms with E-state index in [0.717, 1.165) is 12.1 Å². The summed E-state index contributed by atoms with van der Waals surface area (Å²) in [5, 5.41) is 10.6. The SMILES string of the molecule is O=[N+]([O-])c1cc(F)c(-c2ccccc2)c(Cl)c1. The van der Waals surface area contributed by atoms with E-state index in [-0.39, 0.29) is 16.3 Å². The van der Waals surface area contributed by atoms with Crippen LogP contribution in [0.15, 0.2) is 42.5 Å². The maximum atomic E-state index is 13.8. The number of hydrogen-bond acceptors (Lipinski definition) is 2. The lowest BCUT2D eigenvalue weighted by Gasteiger charge is -2.05. The van der Waals surface area contributed by atoms with Crippen molar-refractivity contribution in [2.45, 2.75) is 0 Å². The Morgan fingerprint density at radius 3 is 2.35 bits per heavy atom. The quantitative estimate of drug-likeness (QED) is 0.597. The first-order chi connectivity index (χ1) is 8.09. The normalized spacial score (nSPS) is 10.2. The lowest BCUT2D eigenvalue weighted by molar-refractivity contribution is -0.385. The highest BCUT2D eigenvalue weighted by atomic mass is 35.5. The monoisotopic (exact) mass is 251 g/mol. The smallest absolute Gasteiger partial charge is 0.258 e. The van der Waals surface area contributed by atoms with Gasteiger partial charge < -0.3 is 0 Å². The fourth-order valence-electron chi connectivity index (χ4n) is 1.55. The van der Waals surface area contributed by atoms with Gasteiger partial charge in [-0.2, -0.15) is 0 Å². The van der Waals surface area contributed by atoms with Crippen LogP contribution in [0.5, 0.6) is 0 Å². The van der Waals surface area contributed by atoms with Crippen molar-refractivity contribution < 1.29 is 9.31 Å². The molecule has 0 heterocycles. The zero-order valence-electron chi connectivity index (χ0n) is 8.56. The average molecular weight is 252 g/mol. The Morgan fingerprint density at radius 2 is 1.82 bits per heavy atom. The second-order valence-corrected chi connectivity index (χ2v) is 3.81. The minimum atomic E-state index is -0.699. The number of non-ortho nitro benzene ring substituents is 1. The third-order valence-corrected chi connectivity index (χ3v) is 2.60. The van der Waals surface area contributed by atoms with Crippen molar-refractivity contribution in [2.24, 2.45) is 0 Å². The largest absolute Gasteiger partial charge is 0.273 e. The van der Waals surface area contributed by atoms with E-state index < -0.39 is 10.7 Å². The van der Waals surface area contributed by atoms with Crippen molar-refractivity contribution in [1.29, 1.82) is 0 Å². The first kappa shape index (κ1) is 11.5. The minimum absolute atomic E-state index is 0.0305. The Morgan fingerprint density at radius 1 is 1.18 bits per heavy atom. The topological polar surface area (TPSA) is 43.1 Å². The summed E-state index contributed by atoms with van der Waals surface area (Å²) in [7, 11) is 0. The Balaban J connectivity index is 2.61. The molecule has 0 saturated heterocycles. The van der Waals surface area contributed by atoms with Crippen LogP contribution in [0.1, 0.15) is 0 Å². The summed E-state index contributed by atoms with van der Waals surface area (Å²) in [5.74, 6) is -0.699. The summed E-state index contributed by atoms with van der Waals surface area (Å²) >= 11 is 5.87. The highest BCUT2D eigenvalue weighted by Gasteiger charge is 2.16. The summed E-state index contributed by atoms with van der Waals surface area (Å²) in [6.07, 6.45) is 0. The Bertz CT molecular complexity index is 549. The average Bonchev–Trinajstić information content (AvgIpc) is 2.29. The van der Waals surface area contributed by atoms with Crippen LogP contribution in [0.4, 0.5) is 10.1 Å². The molecule has 0 spiro atoms. The first-order valence-corrected chi connectivity index (χ1v) is 5.16. The van der Waals surface area contributed by atoms with E-state index in [1.165, 1.54) is 0 Å². The lowest BCUT2D eigenvalue weighted by atomic mass is 10.0. The highest BCUT2D eigenvalue weighted by molar-refractivity contribution is 6.33. The number of rotatable bonds is 2. The predicted molar refractivity (Wildman–Crippen MR) is 63.5 cm³/mol. The van der Waals surface area contributed by atoms with Gasteiger partial charge in [0.2, 0.25) is 0 Å². The second kappa shape index (κ2) is 4.51. The molecular weight excluding hydrogens is 245 g/mol. The van der Waals surface area contributed by atoms with Gasteiger partial charge in [-0.25, -0.2) is 4.39 Å². The highest BCUT2D eigenvalue weighted by Crippen LogP contribution is 2.33. The molecule has 2 rings (SSSR count). The molecule has 0 saturated carbocycles. The molecule has 0 aliphatic carbocycles. The van der Waals surface area contributed by atoms with Crippen LogP contribution < -0.4 is 0 Å². The summed E-state index contributed by atoms with van der Waals surface area (Å²) in [6.45, 7) is 0. The molecule has 0 N–H and O–H groups in total. The summed E-state index contributed by atoms with van der Waals surface area (Å²) in [6, 6.07) is 10.7. The van der Waals surface area contributed by atoms with Gasteiger partial charge in [-0.15, -0.1) is 0 Å². The molecule has 0 aromatic heterocycles. The van der Waals surface area contributed by atoms with Crippen LogP contribution >= 0.6 is 11.6 Å². The fraction of sp³-hybridized carbons (Fsp3) is 0. The zero-order chi connectivity index (χ0) is 12.4. The maximum absolute atomic E-state index is 13.8. The standard InChI is InChI=1S/C12H7ClFNO2/c13-10-6-9(15(16)17)7-11(14)12(10)8-4-2-1-3-5-8/h1-7H. The van der Waals surface area contributed by atoms with Gasteiger partial charge in [-0.1, -0.05) is 41.9 Å². The number of nitro benzene ring substituents is 1. The van der Waals surface area contributed by atoms with Gasteiger partial charge in [-0.05, 0) is 5.56 Å². The van der Waals surface area contributed by atoms with Crippen molar-refractivity contribution in [3.05, 3.63) is 63.4 Å². The van der Waals surface area contributed by atoms with Gasteiger partial charge in [0.1, 0.15) is 5.82 Å². The number of benzene rings is 2. The van der Waals surface area contributed by atoms with E-state index in [2.05, 4.69) is 0 Å². The summed E-state index contributed by atoms with van der Waals surface area (Å²) in [5.41, 5.74) is 0.412. The fourth-order valence-corrected chi connectivity index (χ4v) is 1.86. The molecule has 0 bridgehead atoms. The summed E-state index contributed by atoms with van der Waals surface area (Å²) < 4.78 is 13.8. The number of hydrogen-bond donors (Lipinski definition) is 0. The number of nitro groups is 1. The van der Waals surface area contributed by atoms with E-state index in [9.17, 15) is 14.5 Å². The van der Waals surface area contributed by atoms with Crippen LogP contribution in [-0.4, -0.2) is 4.92 Å². The van der Waals surface area contributed by atoms with Crippen molar-refractivity contribution in [3.8, 4) is 11.1 Å². The second-order valence-electron chi connectivity index (χ2n) is 3.41. The Labute approximate surface area is 102 Å². The molecule has 5 heteroatoms. The molecule has 0 fully saturated rings. The molecule has 3 nitrogen and oxygen atoms in total. The molecule has 0 amide bonds. The number of halogens is 2. The Hall–Kier alpha value is -1.94. The van der Waals surface area contributed by atoms with Crippen molar-refractivity contribution >= 4 is 17.3 Å². The first-order valence-electron chi connectivity index (χ1n) is 4.78. The van der Waals surface area contributed by atoms with Gasteiger partial charge >= 0.3 is 0 Å². The summed E-state index contributed by atoms with van der Waals surface area (Å²) in [4.78, 5) is 9.86. The van der Waals surface area contributed by atoms with E-state index in [1.54, 1.807) is 30.3 Å². The van der Waals surface area contributed by atoms with Gasteiger partial charge in [0.25, 0.3) is 5.69 Å². The van der Waals surface area contributed by atoms with Crippen molar-refractivity contribution in [1.82, 2.24) is 0 Å². The predicted octanol–water partition coefficient (Wildman–Crippen LogP) is 4.05. The third kappa shape index (κ3) is 2.26. The number of nitrogens with zero attached hydrogens (tertiary/aromatic N) is 1. The molecule has 2 aromatic carbocycles. The molecule has 86 valence electrons. The molecule has 0 aliphatic rings. The van der Waals surface area contributed by atoms with Crippen molar-refractivity contribution in [3.63, 3.8) is 0 Å². The van der Waals surface area contributed by atoms with E-state index in [1.807, 2.05) is 0 Å². The van der Waals surface area contributed by atoms with Crippen LogP contribution in [0, 0.1) is 15.9 Å². The molecule has 2 aromatic rings. The molecular formula is C12H7ClFNO2. The van der Waals surface area contributed by atoms with Gasteiger partial charge in [0.05, 0.1) is 16.0 Å². The van der Waals surface area contributed by atoms with Crippen LogP contribution in [-0.2, 0) is 0 Å². The van der Waals surface area contributed by atoms with Crippen LogP contribution in [0.3, 0.4) is 0 Å². The maximum Gasteiger partial charge on any atom is 0.273 e. The zero-order valence-corrected chi connectivity index (χ0v) is 9.32. The molecule has 0 aliphatic heterocycles. The van der Waals surface area contributed by atoms with Crippen LogP contribution in [0.2, 0.25) is 5.02 Å². The Kier molecular flexibility index (Phi) is 3.06. The molecule has 0 atom stereocenters. The van der Waals surface area contributed by atoms with Gasteiger partial charge in [-0.3, -0.25) is 10.1 Å². The molecule has 0 unspecified atom stereocenters. The van der Waals surface area contributed by atoms with Gasteiger partial charge in [0, 0.05) is 11.6 Å². The minimum Gasteiger partial charge on any atom is -0.258 e. The molecule has 0 radical (unpaired) electrons.